The van der Waals surface area contributed by atoms with Gasteiger partial charge in [-0.3, -0.25) is 14.9 Å². The minimum Gasteiger partial charge on any atom is -0.368 e. The molecule has 128 valence electrons. The van der Waals surface area contributed by atoms with Crippen molar-refractivity contribution in [2.45, 2.75) is 25.8 Å². The molecule has 24 heavy (non-hydrogen) atoms. The lowest BCUT2D eigenvalue weighted by Crippen LogP contribution is -2.49. The number of piperazine rings is 1. The van der Waals surface area contributed by atoms with E-state index in [9.17, 15) is 14.4 Å². The molecular formula is C17H22N4O3. The highest BCUT2D eigenvalue weighted by Gasteiger charge is 2.30. The van der Waals surface area contributed by atoms with Crippen LogP contribution < -0.4 is 15.5 Å². The van der Waals surface area contributed by atoms with Gasteiger partial charge in [0, 0.05) is 38.3 Å². The van der Waals surface area contributed by atoms with Gasteiger partial charge in [0.15, 0.2) is 0 Å². The molecule has 0 aliphatic carbocycles. The van der Waals surface area contributed by atoms with Crippen LogP contribution >= 0.6 is 0 Å². The third-order valence-corrected chi connectivity index (χ3v) is 4.50. The maximum Gasteiger partial charge on any atom is 0.322 e. The van der Waals surface area contributed by atoms with Crippen LogP contribution in [0.3, 0.4) is 0 Å². The van der Waals surface area contributed by atoms with E-state index >= 15 is 0 Å². The molecule has 0 bridgehead atoms. The van der Waals surface area contributed by atoms with E-state index in [1.54, 1.807) is 0 Å². The summed E-state index contributed by atoms with van der Waals surface area (Å²) in [6.45, 7) is 5.03. The maximum absolute atomic E-state index is 12.3. The van der Waals surface area contributed by atoms with Crippen LogP contribution in [0.5, 0.6) is 0 Å². The van der Waals surface area contributed by atoms with Gasteiger partial charge in [0.05, 0.1) is 0 Å². The number of aryl methyl sites for hydroxylation is 1. The Bertz CT molecular complexity index is 653. The fourth-order valence-electron chi connectivity index (χ4n) is 3.13. The van der Waals surface area contributed by atoms with Gasteiger partial charge in [-0.1, -0.05) is 12.1 Å². The number of hydrogen-bond acceptors (Lipinski definition) is 4. The number of nitrogens with one attached hydrogen (secondary N) is 2. The lowest BCUT2D eigenvalue weighted by atomic mass is 10.1. The van der Waals surface area contributed by atoms with Gasteiger partial charge in [0.25, 0.3) is 5.91 Å². The summed E-state index contributed by atoms with van der Waals surface area (Å²) in [7, 11) is 0. The number of carbonyl (C=O) groups excluding carboxylic acids is 3. The maximum atomic E-state index is 12.3. The molecule has 2 saturated heterocycles. The zero-order chi connectivity index (χ0) is 17.1. The largest absolute Gasteiger partial charge is 0.368 e. The highest BCUT2D eigenvalue weighted by atomic mass is 16.2. The van der Waals surface area contributed by atoms with Crippen LogP contribution in [-0.4, -0.2) is 55.0 Å². The van der Waals surface area contributed by atoms with E-state index in [4.69, 9.17) is 0 Å². The topological polar surface area (TPSA) is 81.8 Å². The van der Waals surface area contributed by atoms with Crippen LogP contribution in [0.15, 0.2) is 24.3 Å². The fraction of sp³-hybridized carbons (Fsp3) is 0.471. The van der Waals surface area contributed by atoms with Crippen molar-refractivity contribution in [3.05, 3.63) is 29.8 Å². The van der Waals surface area contributed by atoms with Crippen molar-refractivity contribution < 1.29 is 14.4 Å². The van der Waals surface area contributed by atoms with E-state index in [0.29, 0.717) is 19.5 Å². The minimum atomic E-state index is -0.588. The van der Waals surface area contributed by atoms with Gasteiger partial charge in [0.2, 0.25) is 5.91 Å². The molecule has 1 aromatic carbocycles. The molecule has 4 amide bonds. The Hall–Kier alpha value is -2.57. The van der Waals surface area contributed by atoms with E-state index in [2.05, 4.69) is 40.7 Å². The van der Waals surface area contributed by atoms with Gasteiger partial charge in [-0.05, 0) is 31.0 Å². The number of rotatable bonds is 4. The molecule has 3 rings (SSSR count). The minimum absolute atomic E-state index is 0.0350. The predicted molar refractivity (Wildman–Crippen MR) is 89.7 cm³/mol. The summed E-state index contributed by atoms with van der Waals surface area (Å²) in [5.41, 5.74) is 2.41. The second kappa shape index (κ2) is 6.90. The van der Waals surface area contributed by atoms with Gasteiger partial charge in [-0.2, -0.15) is 0 Å². The molecule has 2 heterocycles. The molecule has 0 spiro atoms. The molecular weight excluding hydrogens is 308 g/mol. The number of anilines is 1. The zero-order valence-electron chi connectivity index (χ0n) is 13.7. The Morgan fingerprint density at radius 3 is 2.58 bits per heavy atom. The van der Waals surface area contributed by atoms with Gasteiger partial charge < -0.3 is 15.1 Å². The highest BCUT2D eigenvalue weighted by Crippen LogP contribution is 2.18. The number of nitrogens with zero attached hydrogens (tertiary/aromatic N) is 2. The van der Waals surface area contributed by atoms with Crippen molar-refractivity contribution in [2.24, 2.45) is 0 Å². The number of amides is 4. The first-order valence-electron chi connectivity index (χ1n) is 8.24. The molecule has 0 unspecified atom stereocenters. The molecule has 0 radical (unpaired) electrons. The average molecular weight is 330 g/mol. The molecule has 0 aromatic heterocycles. The molecule has 1 aromatic rings. The highest BCUT2D eigenvalue weighted by molar-refractivity contribution is 6.04. The fourth-order valence-corrected chi connectivity index (χ4v) is 3.13. The van der Waals surface area contributed by atoms with E-state index in [-0.39, 0.29) is 18.2 Å². The summed E-state index contributed by atoms with van der Waals surface area (Å²) in [5, 5.41) is 4.70. The lowest BCUT2D eigenvalue weighted by molar-refractivity contribution is -0.131. The van der Waals surface area contributed by atoms with E-state index < -0.39 is 12.1 Å². The smallest absolute Gasteiger partial charge is 0.322 e. The number of urea groups is 1. The monoisotopic (exact) mass is 330 g/mol. The molecule has 2 aliphatic heterocycles. The second-order valence-corrected chi connectivity index (χ2v) is 6.26. The third kappa shape index (κ3) is 3.67. The molecule has 2 fully saturated rings. The quantitative estimate of drug-likeness (QED) is 0.794. The van der Waals surface area contributed by atoms with Crippen molar-refractivity contribution in [1.29, 1.82) is 0 Å². The van der Waals surface area contributed by atoms with E-state index in [1.807, 2.05) is 11.0 Å². The molecule has 0 saturated carbocycles. The van der Waals surface area contributed by atoms with Crippen LogP contribution in [0.2, 0.25) is 0 Å². The Kier molecular flexibility index (Phi) is 4.69. The third-order valence-electron chi connectivity index (χ3n) is 4.50. The van der Waals surface area contributed by atoms with E-state index in [1.165, 1.54) is 11.3 Å². The summed E-state index contributed by atoms with van der Waals surface area (Å²) < 4.78 is 0. The SMILES string of the molecule is Cc1cccc(N2CCN(C(=O)CC[C@H]3NC(=O)NC3=O)CC2)c1. The van der Waals surface area contributed by atoms with Crippen molar-refractivity contribution in [3.63, 3.8) is 0 Å². The Labute approximate surface area is 141 Å². The van der Waals surface area contributed by atoms with E-state index in [0.717, 1.165) is 13.1 Å². The summed E-state index contributed by atoms with van der Waals surface area (Å²) in [4.78, 5) is 39.0. The average Bonchev–Trinajstić information content (AvgIpc) is 2.90. The zero-order valence-corrected chi connectivity index (χ0v) is 13.7. The number of benzene rings is 1. The molecule has 7 heteroatoms. The van der Waals surface area contributed by atoms with Gasteiger partial charge in [-0.25, -0.2) is 4.79 Å². The normalized spacial score (nSPS) is 20.8. The van der Waals surface area contributed by atoms with Gasteiger partial charge >= 0.3 is 6.03 Å². The van der Waals surface area contributed by atoms with Crippen LogP contribution in [0, 0.1) is 6.92 Å². The summed E-state index contributed by atoms with van der Waals surface area (Å²) >= 11 is 0. The van der Waals surface area contributed by atoms with Crippen LogP contribution in [0.1, 0.15) is 18.4 Å². The predicted octanol–water partition coefficient (Wildman–Crippen LogP) is 0.632. The first-order chi connectivity index (χ1) is 11.5. The first kappa shape index (κ1) is 16.3. The second-order valence-electron chi connectivity index (χ2n) is 6.26. The number of imide groups is 1. The standard InChI is InChI=1S/C17H22N4O3/c1-12-3-2-4-13(11-12)20-7-9-21(10-8-20)15(22)6-5-14-16(23)19-17(24)18-14/h2-4,11,14H,5-10H2,1H3,(H2,18,19,23,24)/t14-/m1/s1. The molecule has 2 aliphatic rings. The number of carbonyl (C=O) groups is 3. The Morgan fingerprint density at radius 1 is 1.21 bits per heavy atom. The summed E-state index contributed by atoms with van der Waals surface area (Å²) in [6, 6.07) is 7.29. The van der Waals surface area contributed by atoms with Gasteiger partial charge in [0.1, 0.15) is 6.04 Å². The Morgan fingerprint density at radius 2 is 1.96 bits per heavy atom. The lowest BCUT2D eigenvalue weighted by Gasteiger charge is -2.36. The molecule has 7 nitrogen and oxygen atoms in total. The van der Waals surface area contributed by atoms with Crippen LogP contribution in [0.25, 0.3) is 0 Å². The van der Waals surface area contributed by atoms with Gasteiger partial charge in [-0.15, -0.1) is 0 Å². The van der Waals surface area contributed by atoms with Crippen molar-refractivity contribution in [2.75, 3.05) is 31.1 Å². The van der Waals surface area contributed by atoms with Crippen LogP contribution in [0.4, 0.5) is 10.5 Å². The van der Waals surface area contributed by atoms with Crippen LogP contribution in [-0.2, 0) is 9.59 Å². The Balaban J connectivity index is 1.47. The first-order valence-corrected chi connectivity index (χ1v) is 8.24. The van der Waals surface area contributed by atoms with Crippen molar-refractivity contribution in [1.82, 2.24) is 15.5 Å². The molecule has 2 N–H and O–H groups in total. The number of hydrogen-bond donors (Lipinski definition) is 2. The molecule has 1 atom stereocenters. The summed E-state index contributed by atoms with van der Waals surface area (Å²) in [6.07, 6.45) is 0.608. The van der Waals surface area contributed by atoms with Crippen molar-refractivity contribution >= 4 is 23.5 Å². The summed E-state index contributed by atoms with van der Waals surface area (Å²) in [5.74, 6) is -0.315. The van der Waals surface area contributed by atoms with Crippen molar-refractivity contribution in [3.8, 4) is 0 Å².